The lowest BCUT2D eigenvalue weighted by molar-refractivity contribution is -0.137. The highest BCUT2D eigenvalue weighted by atomic mass is 32.2. The molecule has 0 radical (unpaired) electrons. The molecule has 1 rings (SSSR count). The summed E-state index contributed by atoms with van der Waals surface area (Å²) >= 11 is 0. The van der Waals surface area contributed by atoms with Crippen molar-refractivity contribution in [2.75, 3.05) is 26.2 Å². The summed E-state index contributed by atoms with van der Waals surface area (Å²) in [5.41, 5.74) is 0. The maximum atomic E-state index is 12.3. The van der Waals surface area contributed by atoms with Crippen LogP contribution in [0.15, 0.2) is 0 Å². The van der Waals surface area contributed by atoms with Gasteiger partial charge in [-0.15, -0.1) is 0 Å². The van der Waals surface area contributed by atoms with E-state index in [1.165, 1.54) is 4.31 Å². The molecule has 0 saturated carbocycles. The summed E-state index contributed by atoms with van der Waals surface area (Å²) in [6.07, 6.45) is 2.47. The molecule has 0 aliphatic carbocycles. The molecule has 18 heavy (non-hydrogen) atoms. The van der Waals surface area contributed by atoms with Gasteiger partial charge in [-0.2, -0.15) is 17.0 Å². The lowest BCUT2D eigenvalue weighted by atomic mass is 10.0. The monoisotopic (exact) mass is 278 g/mol. The van der Waals surface area contributed by atoms with Gasteiger partial charge in [0.15, 0.2) is 0 Å². The van der Waals surface area contributed by atoms with Crippen molar-refractivity contribution in [3.05, 3.63) is 0 Å². The Hall–Kier alpha value is -0.660. The van der Waals surface area contributed by atoms with E-state index in [4.69, 9.17) is 5.11 Å². The molecule has 106 valence electrons. The molecule has 0 aromatic heterocycles. The Morgan fingerprint density at radius 3 is 2.67 bits per heavy atom. The first kappa shape index (κ1) is 15.4. The Bertz CT molecular complexity index is 383. The van der Waals surface area contributed by atoms with Crippen LogP contribution in [0, 0.1) is 5.92 Å². The van der Waals surface area contributed by atoms with E-state index in [0.29, 0.717) is 25.4 Å². The third-order valence-corrected chi connectivity index (χ3v) is 5.01. The summed E-state index contributed by atoms with van der Waals surface area (Å²) in [5.74, 6) is -0.779. The van der Waals surface area contributed by atoms with Crippen molar-refractivity contribution in [1.29, 1.82) is 0 Å². The van der Waals surface area contributed by atoms with Crippen molar-refractivity contribution in [2.24, 2.45) is 5.92 Å². The molecule has 1 fully saturated rings. The van der Waals surface area contributed by atoms with Gasteiger partial charge in [0.1, 0.15) is 6.54 Å². The zero-order valence-electron chi connectivity index (χ0n) is 11.0. The normalized spacial score (nSPS) is 22.3. The number of nitrogens with zero attached hydrogens (tertiary/aromatic N) is 2. The Morgan fingerprint density at radius 1 is 1.50 bits per heavy atom. The van der Waals surface area contributed by atoms with Crippen LogP contribution in [0.3, 0.4) is 0 Å². The molecule has 1 saturated heterocycles. The van der Waals surface area contributed by atoms with Gasteiger partial charge in [-0.25, -0.2) is 0 Å². The molecular formula is C11H22N2O4S. The lowest BCUT2D eigenvalue weighted by Gasteiger charge is -2.33. The highest BCUT2D eigenvalue weighted by molar-refractivity contribution is 7.86. The molecule has 1 aliphatic heterocycles. The molecule has 1 heterocycles. The summed E-state index contributed by atoms with van der Waals surface area (Å²) in [6, 6.07) is 0. The SMILES string of the molecule is CCCN(CC(=O)O)S(=O)(=O)N1CCCC(C)C1. The summed E-state index contributed by atoms with van der Waals surface area (Å²) < 4.78 is 27.2. The van der Waals surface area contributed by atoms with Gasteiger partial charge in [0, 0.05) is 19.6 Å². The summed E-state index contributed by atoms with van der Waals surface area (Å²) in [7, 11) is -3.63. The molecule has 1 aliphatic rings. The van der Waals surface area contributed by atoms with Gasteiger partial charge in [-0.3, -0.25) is 4.79 Å². The molecule has 6 nitrogen and oxygen atoms in total. The van der Waals surface area contributed by atoms with Crippen LogP contribution >= 0.6 is 0 Å². The topological polar surface area (TPSA) is 77.9 Å². The predicted molar refractivity (Wildman–Crippen MR) is 68.4 cm³/mol. The molecule has 1 atom stereocenters. The largest absolute Gasteiger partial charge is 0.480 e. The highest BCUT2D eigenvalue weighted by Gasteiger charge is 2.33. The van der Waals surface area contributed by atoms with Gasteiger partial charge >= 0.3 is 5.97 Å². The summed E-state index contributed by atoms with van der Waals surface area (Å²) in [5, 5.41) is 8.80. The molecule has 0 aromatic rings. The van der Waals surface area contributed by atoms with Crippen LogP contribution in [0.1, 0.15) is 33.1 Å². The van der Waals surface area contributed by atoms with Crippen molar-refractivity contribution in [1.82, 2.24) is 8.61 Å². The summed E-state index contributed by atoms with van der Waals surface area (Å²) in [4.78, 5) is 10.8. The minimum Gasteiger partial charge on any atom is -0.480 e. The van der Waals surface area contributed by atoms with Gasteiger partial charge in [-0.05, 0) is 25.2 Å². The fourth-order valence-electron chi connectivity index (χ4n) is 2.20. The Morgan fingerprint density at radius 2 is 2.17 bits per heavy atom. The number of hydrogen-bond donors (Lipinski definition) is 1. The molecule has 1 N–H and O–H groups in total. The number of carbonyl (C=O) groups is 1. The molecule has 0 spiro atoms. The average molecular weight is 278 g/mol. The van der Waals surface area contributed by atoms with Crippen LogP contribution in [0.5, 0.6) is 0 Å². The first-order valence-electron chi connectivity index (χ1n) is 6.35. The highest BCUT2D eigenvalue weighted by Crippen LogP contribution is 2.20. The first-order chi connectivity index (χ1) is 8.37. The van der Waals surface area contributed by atoms with E-state index in [2.05, 4.69) is 0 Å². The maximum Gasteiger partial charge on any atom is 0.318 e. The van der Waals surface area contributed by atoms with Gasteiger partial charge < -0.3 is 5.11 Å². The number of piperidine rings is 1. The first-order valence-corrected chi connectivity index (χ1v) is 7.74. The molecule has 0 amide bonds. The van der Waals surface area contributed by atoms with Crippen molar-refractivity contribution >= 4 is 16.2 Å². The van der Waals surface area contributed by atoms with Crippen molar-refractivity contribution < 1.29 is 18.3 Å². The maximum absolute atomic E-state index is 12.3. The average Bonchev–Trinajstić information content (AvgIpc) is 2.28. The fraction of sp³-hybridized carbons (Fsp3) is 0.909. The van der Waals surface area contributed by atoms with E-state index in [-0.39, 0.29) is 6.54 Å². The number of carboxylic acid groups (broad SMARTS) is 1. The minimum absolute atomic E-state index is 0.250. The molecule has 1 unspecified atom stereocenters. The minimum atomic E-state index is -3.63. The predicted octanol–water partition coefficient (Wildman–Crippen LogP) is 0.760. The van der Waals surface area contributed by atoms with Gasteiger partial charge in [0.2, 0.25) is 0 Å². The van der Waals surface area contributed by atoms with Gasteiger partial charge in [0.25, 0.3) is 10.2 Å². The quantitative estimate of drug-likeness (QED) is 0.778. The van der Waals surface area contributed by atoms with Crippen LogP contribution in [-0.2, 0) is 15.0 Å². The fourth-order valence-corrected chi connectivity index (χ4v) is 4.01. The molecule has 0 bridgehead atoms. The van der Waals surface area contributed by atoms with Crippen LogP contribution < -0.4 is 0 Å². The molecular weight excluding hydrogens is 256 g/mol. The van der Waals surface area contributed by atoms with Gasteiger partial charge in [-0.1, -0.05) is 13.8 Å². The van der Waals surface area contributed by atoms with Crippen molar-refractivity contribution in [2.45, 2.75) is 33.1 Å². The number of carboxylic acids is 1. The van der Waals surface area contributed by atoms with Crippen molar-refractivity contribution in [3.8, 4) is 0 Å². The Balaban J connectivity index is 2.82. The van der Waals surface area contributed by atoms with Crippen LogP contribution in [0.2, 0.25) is 0 Å². The second-order valence-electron chi connectivity index (χ2n) is 4.84. The van der Waals surface area contributed by atoms with E-state index in [9.17, 15) is 13.2 Å². The molecule has 7 heteroatoms. The van der Waals surface area contributed by atoms with Gasteiger partial charge in [0.05, 0.1) is 0 Å². The van der Waals surface area contributed by atoms with Crippen LogP contribution in [0.4, 0.5) is 0 Å². The number of aliphatic carboxylic acids is 1. The number of hydrogen-bond acceptors (Lipinski definition) is 3. The van der Waals surface area contributed by atoms with E-state index in [1.807, 2.05) is 13.8 Å². The summed E-state index contributed by atoms with van der Waals surface area (Å²) in [6.45, 7) is 4.63. The van der Waals surface area contributed by atoms with E-state index in [1.54, 1.807) is 0 Å². The standard InChI is InChI=1S/C11H22N2O4S/c1-3-6-12(9-11(14)15)18(16,17)13-7-4-5-10(2)8-13/h10H,3-9H2,1-2H3,(H,14,15). The zero-order chi connectivity index (χ0) is 13.8. The third kappa shape index (κ3) is 3.93. The van der Waals surface area contributed by atoms with Crippen molar-refractivity contribution in [3.63, 3.8) is 0 Å². The third-order valence-electron chi connectivity index (χ3n) is 3.06. The zero-order valence-corrected chi connectivity index (χ0v) is 11.8. The van der Waals surface area contributed by atoms with E-state index >= 15 is 0 Å². The van der Waals surface area contributed by atoms with E-state index < -0.39 is 22.7 Å². The smallest absolute Gasteiger partial charge is 0.318 e. The second kappa shape index (κ2) is 6.49. The molecule has 0 aromatic carbocycles. The van der Waals surface area contributed by atoms with E-state index in [0.717, 1.165) is 17.1 Å². The Kier molecular flexibility index (Phi) is 5.55. The van der Waals surface area contributed by atoms with Crippen LogP contribution in [-0.4, -0.2) is 54.3 Å². The second-order valence-corrected chi connectivity index (χ2v) is 6.77. The lowest BCUT2D eigenvalue weighted by Crippen LogP contribution is -2.49. The van der Waals surface area contributed by atoms with Crippen LogP contribution in [0.25, 0.3) is 0 Å². The number of rotatable bonds is 6. The Labute approximate surface area is 109 Å².